The zero-order valence-corrected chi connectivity index (χ0v) is 14.4. The number of aromatic nitrogens is 2. The highest BCUT2D eigenvalue weighted by Gasteiger charge is 2.42. The molecule has 0 fully saturated rings. The smallest absolute Gasteiger partial charge is 0.267 e. The molecule has 1 N–H and O–H groups in total. The summed E-state index contributed by atoms with van der Waals surface area (Å²) in [5, 5.41) is 11.2. The first kappa shape index (κ1) is 17.0. The summed E-state index contributed by atoms with van der Waals surface area (Å²) in [5.74, 6) is 0.551. The molecule has 1 aromatic heterocycles. The minimum absolute atomic E-state index is 0.165. The van der Waals surface area contributed by atoms with E-state index in [1.807, 2.05) is 41.2 Å². The van der Waals surface area contributed by atoms with E-state index in [9.17, 15) is 4.79 Å². The highest BCUT2D eigenvalue weighted by atomic mass is 16.7. The fraction of sp³-hybridized carbons (Fsp3) is 0.389. The van der Waals surface area contributed by atoms with Gasteiger partial charge in [0.25, 0.3) is 5.91 Å². The Balaban J connectivity index is 1.53. The molecular weight excluding hydrogens is 320 g/mol. The van der Waals surface area contributed by atoms with Gasteiger partial charge in [0.2, 0.25) is 5.60 Å². The molecule has 1 aliphatic rings. The van der Waals surface area contributed by atoms with E-state index in [0.29, 0.717) is 24.4 Å². The fourth-order valence-electron chi connectivity index (χ4n) is 2.75. The molecule has 3 rings (SSSR count). The largest absolute Gasteiger partial charge is 0.496 e. The van der Waals surface area contributed by atoms with Crippen LogP contribution < -0.4 is 10.1 Å². The number of nitrogens with zero attached hydrogens (tertiary/aromatic N) is 3. The third kappa shape index (κ3) is 3.81. The number of nitrogens with one attached hydrogen (secondary N) is 1. The van der Waals surface area contributed by atoms with Gasteiger partial charge in [-0.2, -0.15) is 5.10 Å². The van der Waals surface area contributed by atoms with Crippen molar-refractivity contribution >= 4 is 11.6 Å². The second-order valence-electron chi connectivity index (χ2n) is 6.12. The third-order valence-electron chi connectivity index (χ3n) is 4.17. The lowest BCUT2D eigenvalue weighted by atomic mass is 9.94. The van der Waals surface area contributed by atoms with Crippen molar-refractivity contribution in [3.05, 3.63) is 48.3 Å². The molecule has 1 amide bonds. The van der Waals surface area contributed by atoms with Crippen LogP contribution in [-0.2, 0) is 16.2 Å². The van der Waals surface area contributed by atoms with Crippen LogP contribution in [0, 0.1) is 0 Å². The van der Waals surface area contributed by atoms with Crippen LogP contribution in [0.5, 0.6) is 5.75 Å². The Morgan fingerprint density at radius 1 is 1.40 bits per heavy atom. The number of oxime groups is 1. The average Bonchev–Trinajstić information content (AvgIpc) is 3.29. The third-order valence-corrected chi connectivity index (χ3v) is 4.17. The number of rotatable bonds is 7. The van der Waals surface area contributed by atoms with Gasteiger partial charge >= 0.3 is 0 Å². The van der Waals surface area contributed by atoms with Crippen molar-refractivity contribution in [3.8, 4) is 5.75 Å². The van der Waals surface area contributed by atoms with Crippen LogP contribution in [0.1, 0.15) is 25.3 Å². The van der Waals surface area contributed by atoms with E-state index >= 15 is 0 Å². The number of hydrogen-bond acceptors (Lipinski definition) is 5. The van der Waals surface area contributed by atoms with Crippen molar-refractivity contribution in [1.82, 2.24) is 15.1 Å². The summed E-state index contributed by atoms with van der Waals surface area (Å²) in [4.78, 5) is 18.0. The van der Waals surface area contributed by atoms with Crippen molar-refractivity contribution in [1.29, 1.82) is 0 Å². The summed E-state index contributed by atoms with van der Waals surface area (Å²) >= 11 is 0. The van der Waals surface area contributed by atoms with Gasteiger partial charge in [0.15, 0.2) is 0 Å². The van der Waals surface area contributed by atoms with Gasteiger partial charge < -0.3 is 14.9 Å². The van der Waals surface area contributed by atoms with E-state index in [2.05, 4.69) is 15.6 Å². The molecule has 0 aliphatic carbocycles. The number of hydrogen-bond donors (Lipinski definition) is 1. The fourth-order valence-corrected chi connectivity index (χ4v) is 2.75. The van der Waals surface area contributed by atoms with Crippen LogP contribution in [0.3, 0.4) is 0 Å². The van der Waals surface area contributed by atoms with Crippen molar-refractivity contribution in [3.63, 3.8) is 0 Å². The van der Waals surface area contributed by atoms with Gasteiger partial charge in [-0.05, 0) is 31.5 Å². The number of amides is 1. The van der Waals surface area contributed by atoms with Crippen LogP contribution in [0.25, 0.3) is 0 Å². The Morgan fingerprint density at radius 3 is 3.00 bits per heavy atom. The van der Waals surface area contributed by atoms with Gasteiger partial charge in [0, 0.05) is 37.5 Å². The number of aryl methyl sites for hydroxylation is 1. The van der Waals surface area contributed by atoms with Gasteiger partial charge in [-0.3, -0.25) is 9.48 Å². The molecule has 7 nitrogen and oxygen atoms in total. The Morgan fingerprint density at radius 2 is 2.24 bits per heavy atom. The first-order valence-electron chi connectivity index (χ1n) is 8.26. The molecule has 1 aliphatic heterocycles. The topological polar surface area (TPSA) is 77.7 Å². The van der Waals surface area contributed by atoms with E-state index in [-0.39, 0.29) is 5.91 Å². The van der Waals surface area contributed by atoms with Crippen LogP contribution in [0.15, 0.2) is 47.9 Å². The van der Waals surface area contributed by atoms with Crippen LogP contribution in [0.2, 0.25) is 0 Å². The summed E-state index contributed by atoms with van der Waals surface area (Å²) in [7, 11) is 1.61. The van der Waals surface area contributed by atoms with Gasteiger partial charge in [-0.1, -0.05) is 17.3 Å². The Hall–Kier alpha value is -2.83. The number of benzene rings is 1. The van der Waals surface area contributed by atoms with E-state index in [4.69, 9.17) is 9.57 Å². The maximum absolute atomic E-state index is 12.5. The zero-order chi connectivity index (χ0) is 17.7. The molecular formula is C18H22N4O3. The van der Waals surface area contributed by atoms with Crippen molar-refractivity contribution in [2.75, 3.05) is 13.7 Å². The summed E-state index contributed by atoms with van der Waals surface area (Å²) in [5.41, 5.74) is 0.564. The monoisotopic (exact) mass is 342 g/mol. The van der Waals surface area contributed by atoms with Crippen molar-refractivity contribution < 1.29 is 14.4 Å². The summed E-state index contributed by atoms with van der Waals surface area (Å²) in [6.45, 7) is 3.07. The molecule has 0 bridgehead atoms. The van der Waals surface area contributed by atoms with Crippen molar-refractivity contribution in [2.45, 2.75) is 31.9 Å². The summed E-state index contributed by atoms with van der Waals surface area (Å²) in [6, 6.07) is 9.45. The van der Waals surface area contributed by atoms with E-state index < -0.39 is 5.60 Å². The highest BCUT2D eigenvalue weighted by molar-refractivity contribution is 6.07. The molecule has 0 unspecified atom stereocenters. The Bertz CT molecular complexity index is 757. The molecule has 0 spiro atoms. The molecule has 132 valence electrons. The SMILES string of the molecule is COc1ccccc1C1=NO[C@@](C)(C(=O)NCCCn2cccn2)C1. The quantitative estimate of drug-likeness (QED) is 0.781. The normalized spacial score (nSPS) is 19.2. The van der Waals surface area contributed by atoms with Gasteiger partial charge in [-0.15, -0.1) is 0 Å². The molecule has 25 heavy (non-hydrogen) atoms. The Labute approximate surface area is 146 Å². The number of ether oxygens (including phenoxy) is 1. The number of carbonyl (C=O) groups is 1. The second kappa shape index (κ2) is 7.38. The predicted octanol–water partition coefficient (Wildman–Crippen LogP) is 1.98. The summed E-state index contributed by atoms with van der Waals surface area (Å²) < 4.78 is 7.19. The first-order valence-corrected chi connectivity index (χ1v) is 8.26. The molecule has 2 heterocycles. The van der Waals surface area contributed by atoms with Crippen molar-refractivity contribution in [2.24, 2.45) is 5.16 Å². The second-order valence-corrected chi connectivity index (χ2v) is 6.12. The number of methoxy groups -OCH3 is 1. The van der Waals surface area contributed by atoms with Gasteiger partial charge in [-0.25, -0.2) is 0 Å². The van der Waals surface area contributed by atoms with E-state index in [0.717, 1.165) is 18.5 Å². The molecule has 1 aromatic carbocycles. The maximum atomic E-state index is 12.5. The first-order chi connectivity index (χ1) is 12.1. The van der Waals surface area contributed by atoms with Crippen LogP contribution in [0.4, 0.5) is 0 Å². The van der Waals surface area contributed by atoms with Crippen LogP contribution in [-0.4, -0.2) is 40.7 Å². The molecule has 2 aromatic rings. The maximum Gasteiger partial charge on any atom is 0.267 e. The molecule has 0 radical (unpaired) electrons. The average molecular weight is 342 g/mol. The van der Waals surface area contributed by atoms with E-state index in [1.165, 1.54) is 0 Å². The number of carbonyl (C=O) groups excluding carboxylic acids is 1. The lowest BCUT2D eigenvalue weighted by Gasteiger charge is -2.20. The molecule has 1 atom stereocenters. The number of para-hydroxylation sites is 1. The zero-order valence-electron chi connectivity index (χ0n) is 14.4. The van der Waals surface area contributed by atoms with E-state index in [1.54, 1.807) is 20.2 Å². The predicted molar refractivity (Wildman–Crippen MR) is 93.5 cm³/mol. The lowest BCUT2D eigenvalue weighted by molar-refractivity contribution is -0.141. The molecule has 0 saturated carbocycles. The lowest BCUT2D eigenvalue weighted by Crippen LogP contribution is -2.45. The van der Waals surface area contributed by atoms with Crippen LogP contribution >= 0.6 is 0 Å². The minimum atomic E-state index is -0.998. The molecule has 0 saturated heterocycles. The minimum Gasteiger partial charge on any atom is -0.496 e. The standard InChI is InChI=1S/C18H22N4O3/c1-18(17(23)19-9-5-11-22-12-6-10-20-22)13-15(21-25-18)14-7-3-4-8-16(14)24-2/h3-4,6-8,10,12H,5,9,11,13H2,1-2H3,(H,19,23)/t18-/m1/s1. The molecule has 7 heteroatoms. The van der Waals surface area contributed by atoms with Gasteiger partial charge in [0.1, 0.15) is 5.75 Å². The van der Waals surface area contributed by atoms with Gasteiger partial charge in [0.05, 0.1) is 12.8 Å². The highest BCUT2D eigenvalue weighted by Crippen LogP contribution is 2.30. The Kier molecular flexibility index (Phi) is 5.02. The summed E-state index contributed by atoms with van der Waals surface area (Å²) in [6.07, 6.45) is 4.83.